The number of halogens is 1. The van der Waals surface area contributed by atoms with Crippen molar-refractivity contribution in [1.29, 1.82) is 0 Å². The molecule has 0 saturated carbocycles. The first kappa shape index (κ1) is 19.1. The quantitative estimate of drug-likeness (QED) is 0.646. The topological polar surface area (TPSA) is 51.2 Å². The first-order chi connectivity index (χ1) is 13.7. The van der Waals surface area contributed by atoms with Gasteiger partial charge in [0.2, 0.25) is 0 Å². The van der Waals surface area contributed by atoms with Gasteiger partial charge in [-0.25, -0.2) is 4.39 Å². The molecule has 2 atom stereocenters. The van der Waals surface area contributed by atoms with Crippen LogP contribution in [0, 0.1) is 5.82 Å². The van der Waals surface area contributed by atoms with E-state index in [2.05, 4.69) is 51.0 Å². The van der Waals surface area contributed by atoms with E-state index >= 15 is 0 Å². The molecule has 0 bridgehead atoms. The number of benzene rings is 2. The van der Waals surface area contributed by atoms with Crippen molar-refractivity contribution in [3.8, 4) is 11.1 Å². The van der Waals surface area contributed by atoms with Crippen molar-refractivity contribution in [1.82, 2.24) is 14.6 Å². The lowest BCUT2D eigenvalue weighted by Gasteiger charge is -2.18. The Kier molecular flexibility index (Phi) is 6.02. The molecule has 0 radical (unpaired) electrons. The van der Waals surface area contributed by atoms with E-state index < -0.39 is 17.2 Å². The summed E-state index contributed by atoms with van der Waals surface area (Å²) in [6.45, 7) is 2.62. The third-order valence-corrected chi connectivity index (χ3v) is 6.11. The number of likely N-dealkylation sites (tertiary alicyclic amines) is 1. The van der Waals surface area contributed by atoms with Crippen molar-refractivity contribution in [3.05, 3.63) is 84.4 Å². The van der Waals surface area contributed by atoms with Crippen LogP contribution in [0.3, 0.4) is 0 Å². The monoisotopic (exact) mass is 395 g/mol. The largest absolute Gasteiger partial charge is 0.593 e. The first-order valence-electron chi connectivity index (χ1n) is 9.32. The predicted octanol–water partition coefficient (Wildman–Crippen LogP) is 3.77. The molecule has 0 amide bonds. The van der Waals surface area contributed by atoms with Crippen LogP contribution in [-0.4, -0.2) is 33.6 Å². The lowest BCUT2D eigenvalue weighted by molar-refractivity contribution is 0.324. The third kappa shape index (κ3) is 4.77. The number of nitrogens with zero attached hydrogens (tertiary/aromatic N) is 2. The smallest absolute Gasteiger partial charge is 0.195 e. The molecule has 0 unspecified atom stereocenters. The highest BCUT2D eigenvalue weighted by atomic mass is 32.2. The SMILES string of the molecule is [O-][S@+](N[C@@H]1CCN(Cc2ccc(-c3ccccc3)cc2)C1)c1cncc(F)c1. The Balaban J connectivity index is 1.31. The normalized spacial score (nSPS) is 18.3. The lowest BCUT2D eigenvalue weighted by atomic mass is 10.0. The van der Waals surface area contributed by atoms with Crippen LogP contribution in [0.4, 0.5) is 4.39 Å². The maximum Gasteiger partial charge on any atom is 0.195 e. The maximum atomic E-state index is 13.2. The molecule has 0 spiro atoms. The van der Waals surface area contributed by atoms with Gasteiger partial charge in [0.25, 0.3) is 0 Å². The van der Waals surface area contributed by atoms with Crippen molar-refractivity contribution in [2.75, 3.05) is 13.1 Å². The molecule has 3 aromatic rings. The highest BCUT2D eigenvalue weighted by Gasteiger charge is 2.27. The Morgan fingerprint density at radius 1 is 1.07 bits per heavy atom. The van der Waals surface area contributed by atoms with Gasteiger partial charge in [0, 0.05) is 25.7 Å². The van der Waals surface area contributed by atoms with Crippen molar-refractivity contribution in [2.45, 2.75) is 23.9 Å². The van der Waals surface area contributed by atoms with Crippen LogP contribution in [0.2, 0.25) is 0 Å². The standard InChI is InChI=1S/C22H22FN3OS/c23-20-12-22(14-24-13-20)28(27)25-21-10-11-26(16-21)15-17-6-8-19(9-7-17)18-4-2-1-3-5-18/h1-9,12-14,21,25H,10-11,15-16H2/t21-,28+/m1/s1. The Morgan fingerprint density at radius 3 is 2.57 bits per heavy atom. The van der Waals surface area contributed by atoms with Crippen LogP contribution in [0.1, 0.15) is 12.0 Å². The molecule has 2 heterocycles. The maximum absolute atomic E-state index is 13.2. The van der Waals surface area contributed by atoms with Gasteiger partial charge in [0.1, 0.15) is 5.82 Å². The van der Waals surface area contributed by atoms with E-state index in [0.29, 0.717) is 4.90 Å². The van der Waals surface area contributed by atoms with Gasteiger partial charge in [0.15, 0.2) is 4.90 Å². The van der Waals surface area contributed by atoms with Crippen LogP contribution in [0.25, 0.3) is 11.1 Å². The van der Waals surface area contributed by atoms with Crippen molar-refractivity contribution in [2.24, 2.45) is 0 Å². The summed E-state index contributed by atoms with van der Waals surface area (Å²) in [4.78, 5) is 6.47. The summed E-state index contributed by atoms with van der Waals surface area (Å²) in [5, 5.41) is 0. The van der Waals surface area contributed by atoms with Gasteiger partial charge in [-0.15, -0.1) is 4.72 Å². The van der Waals surface area contributed by atoms with E-state index in [1.165, 1.54) is 29.0 Å². The zero-order chi connectivity index (χ0) is 19.3. The van der Waals surface area contributed by atoms with E-state index in [4.69, 9.17) is 0 Å². The molecule has 2 aromatic carbocycles. The van der Waals surface area contributed by atoms with Crippen LogP contribution in [-0.2, 0) is 17.9 Å². The number of hydrogen-bond acceptors (Lipinski definition) is 4. The molecule has 1 aliphatic rings. The number of hydrogen-bond donors (Lipinski definition) is 1. The Morgan fingerprint density at radius 2 is 1.82 bits per heavy atom. The molecule has 1 aromatic heterocycles. The third-order valence-electron chi connectivity index (χ3n) is 4.91. The number of nitrogens with one attached hydrogen (secondary N) is 1. The number of pyridine rings is 1. The summed E-state index contributed by atoms with van der Waals surface area (Å²) in [7, 11) is 0. The average Bonchev–Trinajstić information content (AvgIpc) is 3.16. The van der Waals surface area contributed by atoms with E-state index in [0.717, 1.165) is 32.3 Å². The molecule has 1 N–H and O–H groups in total. The van der Waals surface area contributed by atoms with E-state index in [1.807, 2.05) is 18.2 Å². The highest BCUT2D eigenvalue weighted by molar-refractivity contribution is 7.89. The molecular formula is C22H22FN3OS. The lowest BCUT2D eigenvalue weighted by Crippen LogP contribution is -2.37. The zero-order valence-corrected chi connectivity index (χ0v) is 16.2. The van der Waals surface area contributed by atoms with Crippen molar-refractivity contribution >= 4 is 11.4 Å². The van der Waals surface area contributed by atoms with Gasteiger partial charge < -0.3 is 4.55 Å². The van der Waals surface area contributed by atoms with Gasteiger partial charge >= 0.3 is 0 Å². The van der Waals surface area contributed by atoms with Gasteiger partial charge in [0.05, 0.1) is 29.8 Å². The molecule has 1 fully saturated rings. The fraction of sp³-hybridized carbons (Fsp3) is 0.227. The molecule has 0 aliphatic carbocycles. The molecule has 1 saturated heterocycles. The molecule has 28 heavy (non-hydrogen) atoms. The van der Waals surface area contributed by atoms with E-state index in [1.54, 1.807) is 0 Å². The summed E-state index contributed by atoms with van der Waals surface area (Å²) in [6.07, 6.45) is 3.46. The van der Waals surface area contributed by atoms with Crippen LogP contribution >= 0.6 is 0 Å². The number of rotatable bonds is 6. The molecule has 6 heteroatoms. The zero-order valence-electron chi connectivity index (χ0n) is 15.4. The van der Waals surface area contributed by atoms with Gasteiger partial charge in [-0.3, -0.25) is 9.88 Å². The van der Waals surface area contributed by atoms with Gasteiger partial charge in [-0.1, -0.05) is 54.6 Å². The minimum Gasteiger partial charge on any atom is -0.593 e. The fourth-order valence-corrected chi connectivity index (χ4v) is 4.48. The fourth-order valence-electron chi connectivity index (χ4n) is 3.48. The van der Waals surface area contributed by atoms with E-state index in [9.17, 15) is 8.94 Å². The van der Waals surface area contributed by atoms with Crippen LogP contribution < -0.4 is 4.72 Å². The van der Waals surface area contributed by atoms with Crippen LogP contribution in [0.15, 0.2) is 78.0 Å². The molecule has 1 aliphatic heterocycles. The summed E-state index contributed by atoms with van der Waals surface area (Å²) < 4.78 is 28.7. The van der Waals surface area contributed by atoms with Gasteiger partial charge in [-0.2, -0.15) is 0 Å². The number of aromatic nitrogens is 1. The second-order valence-electron chi connectivity index (χ2n) is 7.01. The molecule has 144 valence electrons. The molecule has 4 nitrogen and oxygen atoms in total. The molecular weight excluding hydrogens is 373 g/mol. The second kappa shape index (κ2) is 8.84. The van der Waals surface area contributed by atoms with Gasteiger partial charge in [-0.05, 0) is 23.1 Å². The van der Waals surface area contributed by atoms with E-state index in [-0.39, 0.29) is 6.04 Å². The van der Waals surface area contributed by atoms with Crippen molar-refractivity contribution in [3.63, 3.8) is 0 Å². The Labute approximate surface area is 167 Å². The first-order valence-corrected chi connectivity index (χ1v) is 10.5. The van der Waals surface area contributed by atoms with Crippen LogP contribution in [0.5, 0.6) is 0 Å². The summed E-state index contributed by atoms with van der Waals surface area (Å²) >= 11 is -1.45. The molecule has 4 rings (SSSR count). The highest BCUT2D eigenvalue weighted by Crippen LogP contribution is 2.21. The minimum absolute atomic E-state index is 0.118. The summed E-state index contributed by atoms with van der Waals surface area (Å²) in [6, 6.07) is 20.4. The predicted molar refractivity (Wildman–Crippen MR) is 109 cm³/mol. The Hall–Kier alpha value is -2.25. The average molecular weight is 396 g/mol. The van der Waals surface area contributed by atoms with Crippen molar-refractivity contribution < 1.29 is 8.94 Å². The summed E-state index contributed by atoms with van der Waals surface area (Å²) in [5.41, 5.74) is 3.69. The minimum atomic E-state index is -1.45. The summed E-state index contributed by atoms with van der Waals surface area (Å²) in [5.74, 6) is -0.473. The second-order valence-corrected chi connectivity index (χ2v) is 8.25. The Bertz CT molecular complexity index is 907.